The third-order valence-electron chi connectivity index (χ3n) is 2.72. The lowest BCUT2D eigenvalue weighted by Gasteiger charge is -2.06. The summed E-state index contributed by atoms with van der Waals surface area (Å²) in [6, 6.07) is 3.72. The molecule has 0 aliphatic heterocycles. The molecule has 0 atom stereocenters. The van der Waals surface area contributed by atoms with Crippen LogP contribution < -0.4 is 5.73 Å². The van der Waals surface area contributed by atoms with E-state index in [9.17, 15) is 0 Å². The van der Waals surface area contributed by atoms with Gasteiger partial charge in [-0.3, -0.25) is 0 Å². The van der Waals surface area contributed by atoms with Gasteiger partial charge in [0, 0.05) is 17.7 Å². The molecule has 5 nitrogen and oxygen atoms in total. The van der Waals surface area contributed by atoms with E-state index in [1.54, 1.807) is 0 Å². The summed E-state index contributed by atoms with van der Waals surface area (Å²) < 4.78 is 5.17. The first-order chi connectivity index (χ1) is 8.11. The van der Waals surface area contributed by atoms with Gasteiger partial charge in [-0.15, -0.1) is 0 Å². The SMILES string of the molecule is Cc1cc(N)cc(-c2nc(CCO)no2)c1C. The number of hydrogen-bond acceptors (Lipinski definition) is 5. The summed E-state index contributed by atoms with van der Waals surface area (Å²) in [5, 5.41) is 12.6. The Bertz CT molecular complexity index is 535. The molecule has 1 aromatic heterocycles. The summed E-state index contributed by atoms with van der Waals surface area (Å²) in [4.78, 5) is 4.22. The summed E-state index contributed by atoms with van der Waals surface area (Å²) in [7, 11) is 0. The van der Waals surface area contributed by atoms with Gasteiger partial charge >= 0.3 is 0 Å². The Morgan fingerprint density at radius 3 is 2.82 bits per heavy atom. The van der Waals surface area contributed by atoms with Crippen molar-refractivity contribution in [2.24, 2.45) is 0 Å². The molecule has 1 aromatic carbocycles. The standard InChI is InChI=1S/C12H15N3O2/c1-7-5-9(13)6-10(8(7)2)12-14-11(3-4-16)15-17-12/h5-6,16H,3-4,13H2,1-2H3. The molecule has 0 unspecified atom stereocenters. The summed E-state index contributed by atoms with van der Waals surface area (Å²) in [5.74, 6) is 0.948. The molecule has 0 saturated carbocycles. The molecule has 0 bridgehead atoms. The van der Waals surface area contributed by atoms with Gasteiger partial charge in [-0.25, -0.2) is 0 Å². The topological polar surface area (TPSA) is 85.2 Å². The number of anilines is 1. The van der Waals surface area contributed by atoms with Gasteiger partial charge < -0.3 is 15.4 Å². The molecule has 0 spiro atoms. The van der Waals surface area contributed by atoms with Crippen LogP contribution in [0.5, 0.6) is 0 Å². The lowest BCUT2D eigenvalue weighted by molar-refractivity contribution is 0.293. The van der Waals surface area contributed by atoms with Gasteiger partial charge in [0.15, 0.2) is 5.82 Å². The Balaban J connectivity index is 2.44. The first-order valence-electron chi connectivity index (χ1n) is 5.42. The fourth-order valence-electron chi connectivity index (χ4n) is 1.67. The number of rotatable bonds is 3. The lowest BCUT2D eigenvalue weighted by Crippen LogP contribution is -1.94. The Hall–Kier alpha value is -1.88. The van der Waals surface area contributed by atoms with Crippen molar-refractivity contribution in [3.05, 3.63) is 29.1 Å². The number of benzene rings is 1. The highest BCUT2D eigenvalue weighted by molar-refractivity contribution is 5.66. The summed E-state index contributed by atoms with van der Waals surface area (Å²) in [6.07, 6.45) is 0.393. The zero-order valence-electron chi connectivity index (χ0n) is 9.90. The second-order valence-electron chi connectivity index (χ2n) is 4.00. The predicted octanol–water partition coefficient (Wildman–Crippen LogP) is 1.47. The third kappa shape index (κ3) is 2.29. The second-order valence-corrected chi connectivity index (χ2v) is 4.00. The van der Waals surface area contributed by atoms with Crippen LogP contribution in [0.4, 0.5) is 5.69 Å². The number of aromatic nitrogens is 2. The molecule has 90 valence electrons. The van der Waals surface area contributed by atoms with E-state index in [1.807, 2.05) is 26.0 Å². The van der Waals surface area contributed by atoms with E-state index >= 15 is 0 Å². The Kier molecular flexibility index (Phi) is 3.10. The molecular weight excluding hydrogens is 218 g/mol. The van der Waals surface area contributed by atoms with E-state index in [0.717, 1.165) is 16.7 Å². The molecule has 0 fully saturated rings. The molecule has 0 aliphatic carbocycles. The van der Waals surface area contributed by atoms with Crippen LogP contribution in [0.3, 0.4) is 0 Å². The van der Waals surface area contributed by atoms with E-state index in [2.05, 4.69) is 10.1 Å². The normalized spacial score (nSPS) is 10.8. The van der Waals surface area contributed by atoms with E-state index in [0.29, 0.717) is 23.8 Å². The van der Waals surface area contributed by atoms with Crippen molar-refractivity contribution in [1.82, 2.24) is 10.1 Å². The molecule has 0 saturated heterocycles. The van der Waals surface area contributed by atoms with Crippen molar-refractivity contribution in [3.8, 4) is 11.5 Å². The van der Waals surface area contributed by atoms with Gasteiger partial charge in [0.2, 0.25) is 0 Å². The van der Waals surface area contributed by atoms with Crippen molar-refractivity contribution in [3.63, 3.8) is 0 Å². The number of nitrogen functional groups attached to an aromatic ring is 1. The Labute approximate surface area is 99.3 Å². The fourth-order valence-corrected chi connectivity index (χ4v) is 1.67. The molecular formula is C12H15N3O2. The van der Waals surface area contributed by atoms with Crippen LogP contribution in [0.25, 0.3) is 11.5 Å². The van der Waals surface area contributed by atoms with Gasteiger partial charge in [-0.1, -0.05) is 5.16 Å². The smallest absolute Gasteiger partial charge is 0.258 e. The van der Waals surface area contributed by atoms with Crippen molar-refractivity contribution in [1.29, 1.82) is 0 Å². The number of aliphatic hydroxyl groups excluding tert-OH is 1. The van der Waals surface area contributed by atoms with E-state index in [1.165, 1.54) is 0 Å². The van der Waals surface area contributed by atoms with Gasteiger partial charge in [0.1, 0.15) is 0 Å². The second kappa shape index (κ2) is 4.55. The summed E-state index contributed by atoms with van der Waals surface area (Å²) in [5.41, 5.74) is 9.47. The quantitative estimate of drug-likeness (QED) is 0.784. The maximum Gasteiger partial charge on any atom is 0.258 e. The minimum atomic E-state index is 0.00785. The van der Waals surface area contributed by atoms with Crippen molar-refractivity contribution < 1.29 is 9.63 Å². The third-order valence-corrected chi connectivity index (χ3v) is 2.72. The lowest BCUT2D eigenvalue weighted by atomic mass is 10.0. The van der Waals surface area contributed by atoms with Crippen LogP contribution in [-0.2, 0) is 6.42 Å². The average molecular weight is 233 g/mol. The largest absolute Gasteiger partial charge is 0.399 e. The predicted molar refractivity (Wildman–Crippen MR) is 64.4 cm³/mol. The average Bonchev–Trinajstić information content (AvgIpc) is 2.72. The molecule has 3 N–H and O–H groups in total. The molecule has 0 radical (unpaired) electrons. The van der Waals surface area contributed by atoms with Gasteiger partial charge in [0.25, 0.3) is 5.89 Å². The van der Waals surface area contributed by atoms with E-state index in [4.69, 9.17) is 15.4 Å². The fraction of sp³-hybridized carbons (Fsp3) is 0.333. The minimum absolute atomic E-state index is 0.00785. The molecule has 0 aliphatic rings. The molecule has 2 aromatic rings. The Morgan fingerprint density at radius 1 is 1.35 bits per heavy atom. The van der Waals surface area contributed by atoms with Crippen LogP contribution in [-0.4, -0.2) is 21.9 Å². The summed E-state index contributed by atoms with van der Waals surface area (Å²) in [6.45, 7) is 3.98. The number of aliphatic hydroxyl groups is 1. The van der Waals surface area contributed by atoms with Gasteiger partial charge in [-0.2, -0.15) is 4.98 Å². The first-order valence-corrected chi connectivity index (χ1v) is 5.42. The van der Waals surface area contributed by atoms with Crippen molar-refractivity contribution >= 4 is 5.69 Å². The molecule has 5 heteroatoms. The molecule has 2 rings (SSSR count). The number of aryl methyl sites for hydroxylation is 1. The van der Waals surface area contributed by atoms with Gasteiger partial charge in [0.05, 0.1) is 6.61 Å². The van der Waals surface area contributed by atoms with E-state index in [-0.39, 0.29) is 6.61 Å². The van der Waals surface area contributed by atoms with Crippen LogP contribution in [0.15, 0.2) is 16.7 Å². The monoisotopic (exact) mass is 233 g/mol. The number of nitrogens with two attached hydrogens (primary N) is 1. The number of nitrogens with zero attached hydrogens (tertiary/aromatic N) is 2. The molecule has 1 heterocycles. The van der Waals surface area contributed by atoms with Gasteiger partial charge in [-0.05, 0) is 37.1 Å². The zero-order valence-corrected chi connectivity index (χ0v) is 9.90. The highest BCUT2D eigenvalue weighted by atomic mass is 16.5. The van der Waals surface area contributed by atoms with Crippen LogP contribution >= 0.6 is 0 Å². The maximum atomic E-state index is 8.80. The van der Waals surface area contributed by atoms with Crippen molar-refractivity contribution in [2.45, 2.75) is 20.3 Å². The zero-order chi connectivity index (χ0) is 12.4. The Morgan fingerprint density at radius 2 is 2.12 bits per heavy atom. The molecule has 0 amide bonds. The van der Waals surface area contributed by atoms with Crippen LogP contribution in [0.1, 0.15) is 17.0 Å². The van der Waals surface area contributed by atoms with Crippen LogP contribution in [0, 0.1) is 13.8 Å². The highest BCUT2D eigenvalue weighted by Gasteiger charge is 2.12. The highest BCUT2D eigenvalue weighted by Crippen LogP contribution is 2.26. The minimum Gasteiger partial charge on any atom is -0.399 e. The first kappa shape index (κ1) is 11.6. The molecule has 17 heavy (non-hydrogen) atoms. The summed E-state index contributed by atoms with van der Waals surface area (Å²) >= 11 is 0. The maximum absolute atomic E-state index is 8.80. The van der Waals surface area contributed by atoms with Crippen LogP contribution in [0.2, 0.25) is 0 Å². The van der Waals surface area contributed by atoms with E-state index < -0.39 is 0 Å². The number of hydrogen-bond donors (Lipinski definition) is 2. The van der Waals surface area contributed by atoms with Crippen molar-refractivity contribution in [2.75, 3.05) is 12.3 Å².